The summed E-state index contributed by atoms with van der Waals surface area (Å²) in [6.07, 6.45) is 0. The van der Waals surface area contributed by atoms with Crippen LogP contribution < -0.4 is 4.74 Å². The summed E-state index contributed by atoms with van der Waals surface area (Å²) < 4.78 is 8.37. The van der Waals surface area contributed by atoms with E-state index >= 15 is 0 Å². The Balaban J connectivity index is 2.30. The van der Waals surface area contributed by atoms with E-state index in [-0.39, 0.29) is 5.38 Å². The highest BCUT2D eigenvalue weighted by Gasteiger charge is 2.16. The Bertz CT molecular complexity index is 798. The number of imidazole rings is 1. The minimum absolute atomic E-state index is 0.188. The van der Waals surface area contributed by atoms with Crippen LogP contribution in [0.4, 0.5) is 0 Å². The maximum absolute atomic E-state index is 6.31. The summed E-state index contributed by atoms with van der Waals surface area (Å²) in [5.41, 5.74) is 2.94. The number of ether oxygens (including phenoxy) is 1. The number of nitrogens with zero attached hydrogens (tertiary/aromatic N) is 2. The largest absolute Gasteiger partial charge is 0.495 e. The normalized spacial score (nSPS) is 12.6. The predicted octanol–water partition coefficient (Wildman–Crippen LogP) is 5.10. The summed E-state index contributed by atoms with van der Waals surface area (Å²) in [4.78, 5) is 4.64. The van der Waals surface area contributed by atoms with Crippen LogP contribution in [0.3, 0.4) is 0 Å². The number of fused-ring (bicyclic) bond motifs is 1. The molecule has 0 bridgehead atoms. The number of para-hydroxylation sites is 2. The molecule has 1 unspecified atom stereocenters. The molecule has 3 rings (SSSR count). The van der Waals surface area contributed by atoms with E-state index in [1.54, 1.807) is 7.11 Å². The Morgan fingerprint density at radius 1 is 1.24 bits per heavy atom. The molecule has 0 amide bonds. The second kappa shape index (κ2) is 5.70. The lowest BCUT2D eigenvalue weighted by molar-refractivity contribution is 0.412. The average molecular weight is 366 g/mol. The minimum Gasteiger partial charge on any atom is -0.495 e. The molecule has 0 aliphatic carbocycles. The van der Waals surface area contributed by atoms with E-state index in [4.69, 9.17) is 16.3 Å². The summed E-state index contributed by atoms with van der Waals surface area (Å²) in [6, 6.07) is 14.0. The molecule has 21 heavy (non-hydrogen) atoms. The Kier molecular flexibility index (Phi) is 3.91. The number of benzene rings is 2. The van der Waals surface area contributed by atoms with Gasteiger partial charge < -0.3 is 4.74 Å². The van der Waals surface area contributed by atoms with E-state index in [1.807, 2.05) is 49.4 Å². The fourth-order valence-electron chi connectivity index (χ4n) is 2.37. The number of hydrogen-bond donors (Lipinski definition) is 0. The topological polar surface area (TPSA) is 27.1 Å². The van der Waals surface area contributed by atoms with Crippen LogP contribution in [0, 0.1) is 0 Å². The summed E-state index contributed by atoms with van der Waals surface area (Å²) >= 11 is 9.79. The van der Waals surface area contributed by atoms with Crippen LogP contribution in [0.1, 0.15) is 18.1 Å². The first-order valence-electron chi connectivity index (χ1n) is 6.57. The molecule has 0 saturated carbocycles. The van der Waals surface area contributed by atoms with Crippen molar-refractivity contribution in [2.45, 2.75) is 12.3 Å². The summed E-state index contributed by atoms with van der Waals surface area (Å²) in [5.74, 6) is 1.60. The third-order valence-corrected chi connectivity index (χ3v) is 4.19. The second-order valence-electron chi connectivity index (χ2n) is 4.73. The standard InChI is InChI=1S/C16H14BrClN2O/c1-10(18)16-19-13-5-3-4-6-14(13)20(16)11-7-8-12(17)15(9-11)21-2/h3-10H,1-2H3. The minimum atomic E-state index is -0.188. The van der Waals surface area contributed by atoms with Gasteiger partial charge >= 0.3 is 0 Å². The van der Waals surface area contributed by atoms with E-state index in [0.29, 0.717) is 0 Å². The van der Waals surface area contributed by atoms with Crippen molar-refractivity contribution in [1.82, 2.24) is 9.55 Å². The highest BCUT2D eigenvalue weighted by molar-refractivity contribution is 9.10. The number of alkyl halides is 1. The maximum atomic E-state index is 6.31. The molecular weight excluding hydrogens is 352 g/mol. The predicted molar refractivity (Wildman–Crippen MR) is 89.6 cm³/mol. The SMILES string of the molecule is COc1cc(-n2c(C(C)Cl)nc3ccccc32)ccc1Br. The van der Waals surface area contributed by atoms with Gasteiger partial charge in [0.2, 0.25) is 0 Å². The lowest BCUT2D eigenvalue weighted by atomic mass is 10.2. The van der Waals surface area contributed by atoms with Gasteiger partial charge in [0.15, 0.2) is 0 Å². The van der Waals surface area contributed by atoms with Crippen molar-refractivity contribution in [2.24, 2.45) is 0 Å². The van der Waals surface area contributed by atoms with Crippen LogP contribution in [0.2, 0.25) is 0 Å². The lowest BCUT2D eigenvalue weighted by Crippen LogP contribution is -2.02. The van der Waals surface area contributed by atoms with E-state index in [9.17, 15) is 0 Å². The first-order chi connectivity index (χ1) is 10.1. The second-order valence-corrected chi connectivity index (χ2v) is 6.24. The van der Waals surface area contributed by atoms with Crippen LogP contribution in [0.25, 0.3) is 16.7 Å². The van der Waals surface area contributed by atoms with Crippen molar-refractivity contribution >= 4 is 38.6 Å². The van der Waals surface area contributed by atoms with Crippen LogP contribution >= 0.6 is 27.5 Å². The highest BCUT2D eigenvalue weighted by atomic mass is 79.9. The third-order valence-electron chi connectivity index (χ3n) is 3.34. The fraction of sp³-hybridized carbons (Fsp3) is 0.188. The Morgan fingerprint density at radius 2 is 2.00 bits per heavy atom. The van der Waals surface area contributed by atoms with Gasteiger partial charge in [-0.25, -0.2) is 4.98 Å². The maximum Gasteiger partial charge on any atom is 0.135 e. The van der Waals surface area contributed by atoms with Crippen molar-refractivity contribution < 1.29 is 4.74 Å². The molecule has 2 aromatic carbocycles. The monoisotopic (exact) mass is 364 g/mol. The summed E-state index contributed by atoms with van der Waals surface area (Å²) in [5, 5.41) is -0.188. The van der Waals surface area contributed by atoms with Gasteiger partial charge in [-0.05, 0) is 47.1 Å². The van der Waals surface area contributed by atoms with Crippen molar-refractivity contribution in [3.8, 4) is 11.4 Å². The van der Waals surface area contributed by atoms with E-state index in [0.717, 1.165) is 32.8 Å². The van der Waals surface area contributed by atoms with Crippen molar-refractivity contribution in [3.05, 3.63) is 52.8 Å². The van der Waals surface area contributed by atoms with Crippen LogP contribution in [-0.4, -0.2) is 16.7 Å². The number of rotatable bonds is 3. The Morgan fingerprint density at radius 3 is 2.71 bits per heavy atom. The average Bonchev–Trinajstić information content (AvgIpc) is 2.87. The first-order valence-corrected chi connectivity index (χ1v) is 7.80. The van der Waals surface area contributed by atoms with Gasteiger partial charge in [-0.3, -0.25) is 4.57 Å². The molecule has 1 heterocycles. The van der Waals surface area contributed by atoms with Crippen molar-refractivity contribution in [1.29, 1.82) is 0 Å². The van der Waals surface area contributed by atoms with Gasteiger partial charge in [-0.15, -0.1) is 11.6 Å². The zero-order valence-corrected chi connectivity index (χ0v) is 14.0. The molecule has 0 saturated heterocycles. The van der Waals surface area contributed by atoms with Crippen LogP contribution in [-0.2, 0) is 0 Å². The molecule has 3 aromatic rings. The highest BCUT2D eigenvalue weighted by Crippen LogP contribution is 2.32. The molecule has 0 fully saturated rings. The quantitative estimate of drug-likeness (QED) is 0.604. The van der Waals surface area contributed by atoms with Gasteiger partial charge in [0.05, 0.1) is 33.7 Å². The number of hydrogen-bond acceptors (Lipinski definition) is 2. The van der Waals surface area contributed by atoms with E-state index in [2.05, 4.69) is 25.5 Å². The zero-order valence-electron chi connectivity index (χ0n) is 11.7. The summed E-state index contributed by atoms with van der Waals surface area (Å²) in [6.45, 7) is 1.93. The first kappa shape index (κ1) is 14.4. The van der Waals surface area contributed by atoms with Crippen LogP contribution in [0.15, 0.2) is 46.9 Å². The van der Waals surface area contributed by atoms with Gasteiger partial charge in [0.25, 0.3) is 0 Å². The molecular formula is C16H14BrClN2O. The molecule has 1 aromatic heterocycles. The van der Waals surface area contributed by atoms with Crippen LogP contribution in [0.5, 0.6) is 5.75 Å². The Labute approximate surface area is 136 Å². The molecule has 1 atom stereocenters. The number of halogens is 2. The summed E-state index contributed by atoms with van der Waals surface area (Å²) in [7, 11) is 1.65. The zero-order chi connectivity index (χ0) is 15.0. The van der Waals surface area contributed by atoms with Gasteiger partial charge in [-0.2, -0.15) is 0 Å². The molecule has 5 heteroatoms. The Hall–Kier alpha value is -1.52. The van der Waals surface area contributed by atoms with Crippen molar-refractivity contribution in [3.63, 3.8) is 0 Å². The number of methoxy groups -OCH3 is 1. The molecule has 0 radical (unpaired) electrons. The number of aromatic nitrogens is 2. The third kappa shape index (κ3) is 2.54. The van der Waals surface area contributed by atoms with E-state index in [1.165, 1.54) is 0 Å². The smallest absolute Gasteiger partial charge is 0.135 e. The molecule has 0 aliphatic heterocycles. The van der Waals surface area contributed by atoms with Gasteiger partial charge in [-0.1, -0.05) is 12.1 Å². The lowest BCUT2D eigenvalue weighted by Gasteiger charge is -2.12. The van der Waals surface area contributed by atoms with Gasteiger partial charge in [0, 0.05) is 6.07 Å². The fourth-order valence-corrected chi connectivity index (χ4v) is 2.93. The molecule has 0 aliphatic rings. The van der Waals surface area contributed by atoms with Gasteiger partial charge in [0.1, 0.15) is 11.6 Å². The molecule has 108 valence electrons. The van der Waals surface area contributed by atoms with Crippen molar-refractivity contribution in [2.75, 3.05) is 7.11 Å². The molecule has 0 spiro atoms. The van der Waals surface area contributed by atoms with E-state index < -0.39 is 0 Å². The molecule has 3 nitrogen and oxygen atoms in total. The molecule has 0 N–H and O–H groups in total.